The second kappa shape index (κ2) is 9.50. The van der Waals surface area contributed by atoms with Crippen LogP contribution >= 0.6 is 11.6 Å². The minimum atomic E-state index is -3.44. The predicted molar refractivity (Wildman–Crippen MR) is 121 cm³/mol. The highest BCUT2D eigenvalue weighted by atomic mass is 35.5. The topological polar surface area (TPSA) is 66.5 Å². The summed E-state index contributed by atoms with van der Waals surface area (Å²) in [7, 11) is -3.44. The summed E-state index contributed by atoms with van der Waals surface area (Å²) in [6.07, 6.45) is 1.06. The van der Waals surface area contributed by atoms with E-state index in [9.17, 15) is 13.2 Å². The average molecular weight is 449 g/mol. The van der Waals surface area contributed by atoms with Gasteiger partial charge in [0.25, 0.3) is 0 Å². The number of nitrogens with zero attached hydrogens (tertiary/aromatic N) is 1. The molecule has 3 rings (SSSR count). The van der Waals surface area contributed by atoms with Gasteiger partial charge in [-0.1, -0.05) is 47.5 Å². The second-order valence-corrected chi connectivity index (χ2v) is 10.6. The van der Waals surface area contributed by atoms with Crippen molar-refractivity contribution >= 4 is 27.5 Å². The molecule has 30 heavy (non-hydrogen) atoms. The van der Waals surface area contributed by atoms with Crippen LogP contribution in [0.25, 0.3) is 0 Å². The van der Waals surface area contributed by atoms with E-state index in [1.807, 2.05) is 20.8 Å². The highest BCUT2D eigenvalue weighted by Crippen LogP contribution is 2.25. The zero-order valence-corrected chi connectivity index (χ0v) is 19.3. The molecular weight excluding hydrogens is 420 g/mol. The molecule has 5 nitrogen and oxygen atoms in total. The fourth-order valence-corrected chi connectivity index (χ4v) is 5.72. The molecule has 0 spiro atoms. The van der Waals surface area contributed by atoms with Crippen molar-refractivity contribution in [3.05, 3.63) is 69.7 Å². The Kier molecular flexibility index (Phi) is 7.22. The smallest absolute Gasteiger partial charge is 0.223 e. The number of piperidine rings is 1. The minimum Gasteiger partial charge on any atom is -0.349 e. The normalized spacial score (nSPS) is 16.9. The maximum Gasteiger partial charge on any atom is 0.223 e. The third-order valence-electron chi connectivity index (χ3n) is 5.72. The molecule has 1 saturated heterocycles. The Morgan fingerprint density at radius 3 is 2.53 bits per heavy atom. The fraction of sp³-hybridized carbons (Fsp3) is 0.435. The van der Waals surface area contributed by atoms with Crippen LogP contribution in [0.1, 0.15) is 48.1 Å². The van der Waals surface area contributed by atoms with Crippen LogP contribution in [0.15, 0.2) is 42.5 Å². The lowest BCUT2D eigenvalue weighted by Crippen LogP contribution is -2.43. The third kappa shape index (κ3) is 5.62. The number of hydrogen-bond acceptors (Lipinski definition) is 3. The van der Waals surface area contributed by atoms with Crippen LogP contribution in [-0.2, 0) is 20.6 Å². The Morgan fingerprint density at radius 2 is 1.87 bits per heavy atom. The first kappa shape index (κ1) is 22.8. The van der Waals surface area contributed by atoms with Gasteiger partial charge in [-0.2, -0.15) is 0 Å². The average Bonchev–Trinajstić information content (AvgIpc) is 2.69. The molecule has 2 aromatic rings. The van der Waals surface area contributed by atoms with E-state index in [2.05, 4.69) is 23.5 Å². The van der Waals surface area contributed by atoms with Crippen molar-refractivity contribution in [3.63, 3.8) is 0 Å². The molecule has 0 radical (unpaired) electrons. The Bertz CT molecular complexity index is 1010. The molecular formula is C23H29ClN2O3S. The monoisotopic (exact) mass is 448 g/mol. The van der Waals surface area contributed by atoms with Gasteiger partial charge in [0.05, 0.1) is 11.8 Å². The van der Waals surface area contributed by atoms with Crippen LogP contribution in [-0.4, -0.2) is 31.7 Å². The van der Waals surface area contributed by atoms with Crippen molar-refractivity contribution in [2.75, 3.05) is 13.1 Å². The predicted octanol–water partition coefficient (Wildman–Crippen LogP) is 4.38. The molecule has 0 unspecified atom stereocenters. The highest BCUT2D eigenvalue weighted by molar-refractivity contribution is 7.88. The minimum absolute atomic E-state index is 0.00436. The Morgan fingerprint density at radius 1 is 1.17 bits per heavy atom. The first-order valence-corrected chi connectivity index (χ1v) is 12.2. The standard InChI is InChI=1S/C23H29ClN2O3S/c1-16-7-8-17(2)22(13-16)18(3)25-23(27)20-9-11-26(12-10-20)30(28,29)15-19-5-4-6-21(24)14-19/h4-8,13-14,18,20H,9-12,15H2,1-3H3,(H,25,27)/t18-/m1/s1. The summed E-state index contributed by atoms with van der Waals surface area (Å²) in [5, 5.41) is 3.64. The van der Waals surface area contributed by atoms with Gasteiger partial charge in [0.1, 0.15) is 0 Å². The molecule has 1 N–H and O–H groups in total. The van der Waals surface area contributed by atoms with Gasteiger partial charge < -0.3 is 5.32 Å². The van der Waals surface area contributed by atoms with E-state index >= 15 is 0 Å². The lowest BCUT2D eigenvalue weighted by Gasteiger charge is -2.31. The first-order valence-electron chi connectivity index (χ1n) is 10.3. The van der Waals surface area contributed by atoms with E-state index in [4.69, 9.17) is 11.6 Å². The van der Waals surface area contributed by atoms with E-state index in [-0.39, 0.29) is 23.6 Å². The van der Waals surface area contributed by atoms with Gasteiger partial charge in [-0.15, -0.1) is 0 Å². The molecule has 2 aromatic carbocycles. The summed E-state index contributed by atoms with van der Waals surface area (Å²) in [6, 6.07) is 13.1. The van der Waals surface area contributed by atoms with Crippen LogP contribution in [0.5, 0.6) is 0 Å². The summed E-state index contributed by atoms with van der Waals surface area (Å²) < 4.78 is 27.0. The molecule has 1 aliphatic rings. The lowest BCUT2D eigenvalue weighted by atomic mass is 9.95. The van der Waals surface area contributed by atoms with E-state index in [1.54, 1.807) is 24.3 Å². The number of aryl methyl sites for hydroxylation is 2. The molecule has 1 amide bonds. The Balaban J connectivity index is 1.56. The van der Waals surface area contributed by atoms with Gasteiger partial charge in [0.2, 0.25) is 15.9 Å². The van der Waals surface area contributed by atoms with Crippen LogP contribution in [0.4, 0.5) is 0 Å². The van der Waals surface area contributed by atoms with Crippen molar-refractivity contribution in [1.29, 1.82) is 0 Å². The molecule has 1 heterocycles. The van der Waals surface area contributed by atoms with E-state index in [0.717, 1.165) is 16.7 Å². The summed E-state index contributed by atoms with van der Waals surface area (Å²) in [5.41, 5.74) is 4.10. The lowest BCUT2D eigenvalue weighted by molar-refractivity contribution is -0.126. The van der Waals surface area contributed by atoms with Crippen molar-refractivity contribution < 1.29 is 13.2 Å². The summed E-state index contributed by atoms with van der Waals surface area (Å²) in [5.74, 6) is -0.251. The number of nitrogens with one attached hydrogen (secondary N) is 1. The molecule has 1 aliphatic heterocycles. The number of rotatable bonds is 6. The number of carbonyl (C=O) groups is 1. The second-order valence-electron chi connectivity index (χ2n) is 8.15. The fourth-order valence-electron chi connectivity index (χ4n) is 3.96. The van der Waals surface area contributed by atoms with Crippen LogP contribution in [0, 0.1) is 19.8 Å². The summed E-state index contributed by atoms with van der Waals surface area (Å²) in [6.45, 7) is 6.79. The van der Waals surface area contributed by atoms with Gasteiger partial charge in [-0.05, 0) is 62.4 Å². The SMILES string of the molecule is Cc1ccc(C)c([C@@H](C)NC(=O)C2CCN(S(=O)(=O)Cc3cccc(Cl)c3)CC2)c1. The van der Waals surface area contributed by atoms with Crippen molar-refractivity contribution in [3.8, 4) is 0 Å². The van der Waals surface area contributed by atoms with Crippen molar-refractivity contribution in [1.82, 2.24) is 9.62 Å². The van der Waals surface area contributed by atoms with Crippen LogP contribution < -0.4 is 5.32 Å². The van der Waals surface area contributed by atoms with Crippen molar-refractivity contribution in [2.24, 2.45) is 5.92 Å². The number of amides is 1. The molecule has 0 saturated carbocycles. The summed E-state index contributed by atoms with van der Waals surface area (Å²) in [4.78, 5) is 12.8. The van der Waals surface area contributed by atoms with E-state index in [1.165, 1.54) is 4.31 Å². The number of sulfonamides is 1. The molecule has 1 atom stereocenters. The molecule has 1 fully saturated rings. The van der Waals surface area contributed by atoms with Gasteiger partial charge >= 0.3 is 0 Å². The molecule has 0 aromatic heterocycles. The van der Waals surface area contributed by atoms with Crippen molar-refractivity contribution in [2.45, 2.75) is 45.4 Å². The van der Waals surface area contributed by atoms with Gasteiger partial charge in [0.15, 0.2) is 0 Å². The number of hydrogen-bond donors (Lipinski definition) is 1. The van der Waals surface area contributed by atoms with Gasteiger partial charge in [-0.25, -0.2) is 12.7 Å². The summed E-state index contributed by atoms with van der Waals surface area (Å²) >= 11 is 5.96. The number of benzene rings is 2. The van der Waals surface area contributed by atoms with Gasteiger partial charge in [0, 0.05) is 24.0 Å². The zero-order chi connectivity index (χ0) is 21.9. The molecule has 162 valence electrons. The zero-order valence-electron chi connectivity index (χ0n) is 17.7. The van der Waals surface area contributed by atoms with E-state index < -0.39 is 10.0 Å². The van der Waals surface area contributed by atoms with E-state index in [0.29, 0.717) is 36.5 Å². The highest BCUT2D eigenvalue weighted by Gasteiger charge is 2.31. The Hall–Kier alpha value is -1.89. The first-order chi connectivity index (χ1) is 14.2. The molecule has 0 bridgehead atoms. The van der Waals surface area contributed by atoms with Crippen LogP contribution in [0.2, 0.25) is 5.02 Å². The number of carbonyl (C=O) groups excluding carboxylic acids is 1. The van der Waals surface area contributed by atoms with Crippen LogP contribution in [0.3, 0.4) is 0 Å². The molecule has 7 heteroatoms. The molecule has 0 aliphatic carbocycles. The third-order valence-corrected chi connectivity index (χ3v) is 7.80. The Labute approximate surface area is 184 Å². The largest absolute Gasteiger partial charge is 0.349 e. The maximum atomic E-state index is 12.8. The number of halogens is 1. The maximum absolute atomic E-state index is 12.8. The quantitative estimate of drug-likeness (QED) is 0.713. The van der Waals surface area contributed by atoms with Gasteiger partial charge in [-0.3, -0.25) is 4.79 Å².